The van der Waals surface area contributed by atoms with Gasteiger partial charge in [0, 0.05) is 6.04 Å². The second-order valence-electron chi connectivity index (χ2n) is 4.09. The van der Waals surface area contributed by atoms with E-state index in [0.717, 1.165) is 12.8 Å². The largest absolute Gasteiger partial charge is 0.383 e. The molecule has 6 nitrogen and oxygen atoms in total. The van der Waals surface area contributed by atoms with E-state index in [4.69, 9.17) is 5.73 Å². The van der Waals surface area contributed by atoms with Gasteiger partial charge in [-0.25, -0.2) is 9.97 Å². The molecule has 16 heavy (non-hydrogen) atoms. The Kier molecular flexibility index (Phi) is 1.61. The van der Waals surface area contributed by atoms with Gasteiger partial charge in [0.25, 0.3) is 11.8 Å². The van der Waals surface area contributed by atoms with Gasteiger partial charge >= 0.3 is 0 Å². The average molecular weight is 218 g/mol. The summed E-state index contributed by atoms with van der Waals surface area (Å²) in [5.41, 5.74) is 5.98. The first-order valence-corrected chi connectivity index (χ1v) is 5.11. The highest BCUT2D eigenvalue weighted by Gasteiger charge is 2.46. The molecule has 1 aliphatic heterocycles. The first-order chi connectivity index (χ1) is 7.59. The number of carbonyl (C=O) groups excluding carboxylic acids is 2. The van der Waals surface area contributed by atoms with Crippen LogP contribution in [-0.2, 0) is 0 Å². The third kappa shape index (κ3) is 1.07. The molecule has 1 saturated carbocycles. The molecule has 0 atom stereocenters. The van der Waals surface area contributed by atoms with E-state index in [9.17, 15) is 9.59 Å². The molecule has 2 N–H and O–H groups in total. The molecule has 3 rings (SSSR count). The van der Waals surface area contributed by atoms with Crippen molar-refractivity contribution >= 4 is 17.6 Å². The van der Waals surface area contributed by atoms with Crippen LogP contribution in [0.2, 0.25) is 0 Å². The fraction of sp³-hybridized carbons (Fsp3) is 0.400. The van der Waals surface area contributed by atoms with Crippen LogP contribution in [0, 0.1) is 6.92 Å². The predicted molar refractivity (Wildman–Crippen MR) is 54.7 cm³/mol. The standard InChI is InChI=1S/C10H10N4O2/c1-4-12-7-6(8(11)13-4)9(15)14(10(7)16)5-2-3-5/h5H,2-3H2,1H3,(H2,11,12,13). The van der Waals surface area contributed by atoms with Gasteiger partial charge in [0.15, 0.2) is 0 Å². The third-order valence-corrected chi connectivity index (χ3v) is 2.81. The summed E-state index contributed by atoms with van der Waals surface area (Å²) in [6.45, 7) is 1.65. The van der Waals surface area contributed by atoms with Crippen LogP contribution in [0.1, 0.15) is 39.5 Å². The maximum absolute atomic E-state index is 12.0. The van der Waals surface area contributed by atoms with Crippen LogP contribution in [0.5, 0.6) is 0 Å². The molecule has 1 aromatic heterocycles. The summed E-state index contributed by atoms with van der Waals surface area (Å²) in [4.78, 5) is 33.1. The van der Waals surface area contributed by atoms with E-state index in [0.29, 0.717) is 5.82 Å². The summed E-state index contributed by atoms with van der Waals surface area (Å²) >= 11 is 0. The minimum atomic E-state index is -0.347. The minimum Gasteiger partial charge on any atom is -0.383 e. The van der Waals surface area contributed by atoms with Gasteiger partial charge in [-0.15, -0.1) is 0 Å². The van der Waals surface area contributed by atoms with E-state index >= 15 is 0 Å². The van der Waals surface area contributed by atoms with Gasteiger partial charge in [-0.2, -0.15) is 0 Å². The van der Waals surface area contributed by atoms with Crippen molar-refractivity contribution in [2.45, 2.75) is 25.8 Å². The number of aromatic nitrogens is 2. The Balaban J connectivity index is 2.18. The number of hydrogen-bond donors (Lipinski definition) is 1. The number of anilines is 1. The van der Waals surface area contributed by atoms with Gasteiger partial charge in [-0.1, -0.05) is 0 Å². The number of fused-ring (bicyclic) bond motifs is 1. The summed E-state index contributed by atoms with van der Waals surface area (Å²) in [7, 11) is 0. The molecule has 6 heteroatoms. The van der Waals surface area contributed by atoms with Crippen molar-refractivity contribution in [3.05, 3.63) is 17.1 Å². The van der Waals surface area contributed by atoms with Gasteiger partial charge in [0.1, 0.15) is 22.9 Å². The van der Waals surface area contributed by atoms with E-state index in [2.05, 4.69) is 9.97 Å². The number of aryl methyl sites for hydroxylation is 1. The first-order valence-electron chi connectivity index (χ1n) is 5.11. The van der Waals surface area contributed by atoms with Crippen molar-refractivity contribution in [2.24, 2.45) is 0 Å². The maximum atomic E-state index is 12.0. The topological polar surface area (TPSA) is 89.2 Å². The van der Waals surface area contributed by atoms with Crippen molar-refractivity contribution < 1.29 is 9.59 Å². The van der Waals surface area contributed by atoms with Gasteiger partial charge < -0.3 is 5.73 Å². The van der Waals surface area contributed by atoms with Crippen molar-refractivity contribution in [3.8, 4) is 0 Å². The van der Waals surface area contributed by atoms with Gasteiger partial charge in [0.05, 0.1) is 0 Å². The molecule has 2 heterocycles. The van der Waals surface area contributed by atoms with Crippen LogP contribution in [0.25, 0.3) is 0 Å². The lowest BCUT2D eigenvalue weighted by Crippen LogP contribution is -2.32. The maximum Gasteiger partial charge on any atom is 0.280 e. The monoisotopic (exact) mass is 218 g/mol. The van der Waals surface area contributed by atoms with E-state index in [1.807, 2.05) is 0 Å². The number of rotatable bonds is 1. The molecule has 1 aromatic rings. The van der Waals surface area contributed by atoms with Crippen LogP contribution in [0.15, 0.2) is 0 Å². The zero-order valence-electron chi connectivity index (χ0n) is 8.73. The number of hydrogen-bond acceptors (Lipinski definition) is 5. The zero-order valence-corrected chi connectivity index (χ0v) is 8.73. The Bertz CT molecular complexity index is 522. The van der Waals surface area contributed by atoms with Gasteiger partial charge in [0.2, 0.25) is 0 Å². The molecular weight excluding hydrogens is 208 g/mol. The Morgan fingerprint density at radius 2 is 1.94 bits per heavy atom. The molecule has 1 fully saturated rings. The summed E-state index contributed by atoms with van der Waals surface area (Å²) in [6, 6.07) is 0.0360. The number of nitrogens with two attached hydrogens (primary N) is 1. The van der Waals surface area contributed by atoms with Crippen LogP contribution < -0.4 is 5.73 Å². The molecule has 0 radical (unpaired) electrons. The second kappa shape index (κ2) is 2.78. The van der Waals surface area contributed by atoms with Crippen LogP contribution in [0.3, 0.4) is 0 Å². The van der Waals surface area contributed by atoms with Crippen LogP contribution >= 0.6 is 0 Å². The second-order valence-corrected chi connectivity index (χ2v) is 4.09. The molecule has 82 valence electrons. The highest BCUT2D eigenvalue weighted by molar-refractivity contribution is 6.22. The summed E-state index contributed by atoms with van der Waals surface area (Å²) in [5.74, 6) is -0.168. The average Bonchev–Trinajstić information content (AvgIpc) is 2.97. The minimum absolute atomic E-state index is 0.0360. The van der Waals surface area contributed by atoms with Crippen molar-refractivity contribution in [3.63, 3.8) is 0 Å². The van der Waals surface area contributed by atoms with Crippen molar-refractivity contribution in [1.29, 1.82) is 0 Å². The fourth-order valence-corrected chi connectivity index (χ4v) is 1.95. The lowest BCUT2D eigenvalue weighted by atomic mass is 10.2. The molecule has 0 bridgehead atoms. The highest BCUT2D eigenvalue weighted by atomic mass is 16.2. The lowest BCUT2D eigenvalue weighted by Gasteiger charge is -2.10. The number of nitrogens with zero attached hydrogens (tertiary/aromatic N) is 3. The number of imide groups is 1. The summed E-state index contributed by atoms with van der Waals surface area (Å²) in [6.07, 6.45) is 1.75. The van der Waals surface area contributed by atoms with Crippen molar-refractivity contribution in [2.75, 3.05) is 5.73 Å². The predicted octanol–water partition coefficient (Wildman–Crippen LogP) is 0.126. The Morgan fingerprint density at radius 3 is 2.56 bits per heavy atom. The van der Waals surface area contributed by atoms with E-state index in [1.54, 1.807) is 6.92 Å². The van der Waals surface area contributed by atoms with Gasteiger partial charge in [-0.05, 0) is 19.8 Å². The molecule has 0 saturated heterocycles. The molecule has 0 unspecified atom stereocenters. The van der Waals surface area contributed by atoms with E-state index < -0.39 is 0 Å². The fourth-order valence-electron chi connectivity index (χ4n) is 1.95. The molecular formula is C10H10N4O2. The smallest absolute Gasteiger partial charge is 0.280 e. The third-order valence-electron chi connectivity index (χ3n) is 2.81. The van der Waals surface area contributed by atoms with E-state index in [1.165, 1.54) is 4.90 Å². The Hall–Kier alpha value is -1.98. The molecule has 2 aliphatic rings. The molecule has 1 aliphatic carbocycles. The Labute approximate surface area is 91.5 Å². The molecule has 2 amide bonds. The first kappa shape index (κ1) is 9.26. The normalized spacial score (nSPS) is 19.2. The summed E-state index contributed by atoms with van der Waals surface area (Å²) in [5, 5.41) is 0. The Morgan fingerprint density at radius 1 is 1.25 bits per heavy atom. The quantitative estimate of drug-likeness (QED) is 0.676. The summed E-state index contributed by atoms with van der Waals surface area (Å²) < 4.78 is 0. The SMILES string of the molecule is Cc1nc(N)c2c(n1)C(=O)N(C1CC1)C2=O. The number of nitrogen functional groups attached to an aromatic ring is 1. The van der Waals surface area contributed by atoms with Crippen LogP contribution in [-0.4, -0.2) is 32.7 Å². The molecule has 0 spiro atoms. The number of carbonyl (C=O) groups is 2. The zero-order chi connectivity index (χ0) is 11.4. The number of amides is 2. The van der Waals surface area contributed by atoms with Crippen molar-refractivity contribution in [1.82, 2.24) is 14.9 Å². The lowest BCUT2D eigenvalue weighted by molar-refractivity contribution is 0.0641. The van der Waals surface area contributed by atoms with Crippen LogP contribution in [0.4, 0.5) is 5.82 Å². The van der Waals surface area contributed by atoms with Gasteiger partial charge in [-0.3, -0.25) is 14.5 Å². The highest BCUT2D eigenvalue weighted by Crippen LogP contribution is 2.35. The molecule has 0 aromatic carbocycles. The van der Waals surface area contributed by atoms with E-state index in [-0.39, 0.29) is 34.9 Å².